The molecule has 1 aromatic rings. The minimum absolute atomic E-state index is 0. The van der Waals surface area contributed by atoms with Crippen LogP contribution >= 0.6 is 24.0 Å². The van der Waals surface area contributed by atoms with Crippen LogP contribution in [0.15, 0.2) is 24.3 Å². The Bertz CT molecular complexity index is 779. The van der Waals surface area contributed by atoms with E-state index < -0.39 is 30.4 Å². The Hall–Kier alpha value is -1.83. The molecule has 1 fully saturated rings. The van der Waals surface area contributed by atoms with E-state index in [0.717, 1.165) is 12.8 Å². The smallest absolute Gasteiger partial charge is 0.413 e. The molecule has 0 saturated heterocycles. The Kier molecular flexibility index (Phi) is 10.3. The van der Waals surface area contributed by atoms with Gasteiger partial charge in [0.05, 0.1) is 0 Å². The van der Waals surface area contributed by atoms with Gasteiger partial charge in [-0.3, -0.25) is 19.4 Å². The van der Waals surface area contributed by atoms with Gasteiger partial charge in [-0.25, -0.2) is 4.79 Å². The largest absolute Gasteiger partial charge is 0.427 e. The molecule has 0 aliphatic heterocycles. The molecular weight excluding hydrogens is 443 g/mol. The predicted octanol–water partition coefficient (Wildman–Crippen LogP) is 4.26. The molecule has 7 nitrogen and oxygen atoms in total. The second-order valence-corrected chi connectivity index (χ2v) is 8.58. The first-order chi connectivity index (χ1) is 14.1. The van der Waals surface area contributed by atoms with Crippen molar-refractivity contribution in [2.45, 2.75) is 51.1 Å². The first kappa shape index (κ1) is 27.2. The number of benzene rings is 1. The normalized spacial score (nSPS) is 19.5. The first-order valence-electron chi connectivity index (χ1n) is 10.1. The van der Waals surface area contributed by atoms with Gasteiger partial charge in [0.15, 0.2) is 5.78 Å². The number of carbonyl (C=O) groups is 3. The van der Waals surface area contributed by atoms with Crippen molar-refractivity contribution in [2.75, 3.05) is 27.9 Å². The first-order valence-corrected chi connectivity index (χ1v) is 10.5. The van der Waals surface area contributed by atoms with Crippen LogP contribution < -0.4 is 0 Å². The number of amides is 1. The highest BCUT2D eigenvalue weighted by molar-refractivity contribution is 6.31. The molecule has 1 aliphatic rings. The van der Waals surface area contributed by atoms with Crippen molar-refractivity contribution < 1.29 is 23.9 Å². The maximum Gasteiger partial charge on any atom is 0.413 e. The summed E-state index contributed by atoms with van der Waals surface area (Å²) in [6.45, 7) is 3.30. The quantitative estimate of drug-likeness (QED) is 0.434. The van der Waals surface area contributed by atoms with Gasteiger partial charge in [-0.2, -0.15) is 0 Å². The second-order valence-electron chi connectivity index (χ2n) is 8.17. The van der Waals surface area contributed by atoms with E-state index in [1.807, 2.05) is 13.8 Å². The van der Waals surface area contributed by atoms with Gasteiger partial charge < -0.3 is 9.47 Å². The zero-order valence-electron chi connectivity index (χ0n) is 18.7. The van der Waals surface area contributed by atoms with E-state index in [-0.39, 0.29) is 24.1 Å². The predicted molar refractivity (Wildman–Crippen MR) is 121 cm³/mol. The number of rotatable bonds is 7. The van der Waals surface area contributed by atoms with E-state index in [2.05, 4.69) is 0 Å². The molecule has 9 heteroatoms. The summed E-state index contributed by atoms with van der Waals surface area (Å²) < 4.78 is 10.4. The molecule has 1 aliphatic carbocycles. The summed E-state index contributed by atoms with van der Waals surface area (Å²) >= 11 is 6.40. The Morgan fingerprint density at radius 3 is 2.32 bits per heavy atom. The summed E-state index contributed by atoms with van der Waals surface area (Å²) in [5.74, 6) is -0.514. The monoisotopic (exact) mass is 474 g/mol. The lowest BCUT2D eigenvalue weighted by Crippen LogP contribution is -2.54. The van der Waals surface area contributed by atoms with E-state index in [1.165, 1.54) is 11.9 Å². The highest BCUT2D eigenvalue weighted by atomic mass is 35.5. The zero-order valence-corrected chi connectivity index (χ0v) is 20.3. The summed E-state index contributed by atoms with van der Waals surface area (Å²) in [4.78, 5) is 41.2. The van der Waals surface area contributed by atoms with Crippen LogP contribution in [0.2, 0.25) is 5.02 Å². The van der Waals surface area contributed by atoms with E-state index in [1.54, 1.807) is 43.3 Å². The average molecular weight is 475 g/mol. The van der Waals surface area contributed by atoms with Crippen LogP contribution in [0, 0.1) is 5.92 Å². The number of likely N-dealkylation sites (N-methyl/N-ethyl adjacent to an activating group) is 2. The number of ether oxygens (including phenoxy) is 2. The van der Waals surface area contributed by atoms with E-state index in [0.29, 0.717) is 23.4 Å². The molecule has 1 amide bonds. The second kappa shape index (κ2) is 11.7. The molecule has 0 bridgehead atoms. The molecule has 0 N–H and O–H groups in total. The Labute approximate surface area is 195 Å². The van der Waals surface area contributed by atoms with Crippen molar-refractivity contribution in [1.29, 1.82) is 0 Å². The highest BCUT2D eigenvalue weighted by Crippen LogP contribution is 2.42. The van der Waals surface area contributed by atoms with Crippen LogP contribution in [0.4, 0.5) is 4.79 Å². The fourth-order valence-electron chi connectivity index (χ4n) is 4.18. The molecule has 2 atom stereocenters. The lowest BCUT2D eigenvalue weighted by molar-refractivity contribution is -0.160. The van der Waals surface area contributed by atoms with Crippen LogP contribution in [0.3, 0.4) is 0 Å². The number of ketones is 1. The van der Waals surface area contributed by atoms with Gasteiger partial charge in [-0.05, 0) is 45.3 Å². The minimum atomic E-state index is -1.19. The lowest BCUT2D eigenvalue weighted by atomic mass is 9.74. The molecule has 1 saturated carbocycles. The fraction of sp³-hybridized carbons (Fsp3) is 0.591. The number of esters is 1. The van der Waals surface area contributed by atoms with Crippen molar-refractivity contribution in [3.63, 3.8) is 0 Å². The van der Waals surface area contributed by atoms with Crippen LogP contribution in [-0.4, -0.2) is 61.6 Å². The number of Topliss-reactive ketones (excluding diaryl/α,β-unsaturated/α-hetero) is 1. The van der Waals surface area contributed by atoms with Gasteiger partial charge >= 0.3 is 12.1 Å². The molecule has 174 valence electrons. The summed E-state index contributed by atoms with van der Waals surface area (Å²) in [5.41, 5.74) is -0.609. The molecule has 0 radical (unpaired) electrons. The Balaban J connectivity index is 0.00000480. The molecular formula is C22H32Cl2N2O5. The molecule has 31 heavy (non-hydrogen) atoms. The fourth-order valence-corrected chi connectivity index (χ4v) is 4.48. The number of nitrogens with zero attached hydrogens (tertiary/aromatic N) is 2. The standard InChI is InChI=1S/C22H31ClN2O5.ClH/c1-15(2)19(24(3)4)20(27)29-14-30-21(28)25(5)22(13-9-8-12-18(22)26)16-10-6-7-11-17(16)23;/h6-7,10-11,15,19H,8-9,12-14H2,1-5H3;1H/t19-,22-;/m0./s1. The summed E-state index contributed by atoms with van der Waals surface area (Å²) in [6, 6.07) is 6.59. The van der Waals surface area contributed by atoms with Crippen molar-refractivity contribution in [3.8, 4) is 0 Å². The number of carbonyl (C=O) groups excluding carboxylic acids is 3. The number of hydrogen-bond donors (Lipinski definition) is 0. The van der Waals surface area contributed by atoms with Crippen molar-refractivity contribution in [1.82, 2.24) is 9.80 Å². The van der Waals surface area contributed by atoms with Crippen LogP contribution in [0.5, 0.6) is 0 Å². The summed E-state index contributed by atoms with van der Waals surface area (Å²) in [5, 5.41) is 0.421. The summed E-state index contributed by atoms with van der Waals surface area (Å²) in [7, 11) is 5.09. The van der Waals surface area contributed by atoms with Crippen molar-refractivity contribution in [2.24, 2.45) is 5.92 Å². The molecule has 0 aromatic heterocycles. The minimum Gasteiger partial charge on any atom is -0.427 e. The van der Waals surface area contributed by atoms with Crippen molar-refractivity contribution in [3.05, 3.63) is 34.9 Å². The number of halogens is 2. The molecule has 2 rings (SSSR count). The lowest BCUT2D eigenvalue weighted by Gasteiger charge is -2.43. The van der Waals surface area contributed by atoms with Gasteiger partial charge in [0.25, 0.3) is 0 Å². The molecule has 0 unspecified atom stereocenters. The average Bonchev–Trinajstić information content (AvgIpc) is 2.68. The van der Waals surface area contributed by atoms with E-state index >= 15 is 0 Å². The molecule has 0 heterocycles. The van der Waals surface area contributed by atoms with Gasteiger partial charge in [0.2, 0.25) is 6.79 Å². The third-order valence-corrected chi connectivity index (χ3v) is 5.96. The topological polar surface area (TPSA) is 76.1 Å². The van der Waals surface area contributed by atoms with E-state index in [9.17, 15) is 14.4 Å². The van der Waals surface area contributed by atoms with Crippen LogP contribution in [0.1, 0.15) is 45.1 Å². The number of hydrogen-bond acceptors (Lipinski definition) is 6. The van der Waals surface area contributed by atoms with Crippen LogP contribution in [0.25, 0.3) is 0 Å². The third-order valence-electron chi connectivity index (χ3n) is 5.63. The van der Waals surface area contributed by atoms with Gasteiger partial charge in [0.1, 0.15) is 11.6 Å². The highest BCUT2D eigenvalue weighted by Gasteiger charge is 2.48. The summed E-state index contributed by atoms with van der Waals surface area (Å²) in [6.07, 6.45) is 1.62. The van der Waals surface area contributed by atoms with Crippen molar-refractivity contribution >= 4 is 41.9 Å². The third kappa shape index (κ3) is 5.90. The van der Waals surface area contributed by atoms with E-state index in [4.69, 9.17) is 21.1 Å². The molecule has 0 spiro atoms. The Morgan fingerprint density at radius 1 is 1.13 bits per heavy atom. The molecule has 1 aromatic carbocycles. The van der Waals surface area contributed by atoms with Gasteiger partial charge in [-0.1, -0.05) is 43.6 Å². The maximum atomic E-state index is 13.0. The maximum absolute atomic E-state index is 13.0. The Morgan fingerprint density at radius 2 is 1.77 bits per heavy atom. The van der Waals surface area contributed by atoms with Gasteiger partial charge in [0, 0.05) is 24.1 Å². The van der Waals surface area contributed by atoms with Gasteiger partial charge in [-0.15, -0.1) is 12.4 Å². The zero-order chi connectivity index (χ0) is 22.5. The van der Waals surface area contributed by atoms with Crippen LogP contribution in [-0.2, 0) is 24.6 Å². The SMILES string of the molecule is CC(C)[C@@H](C(=O)OCOC(=O)N(C)[C@]1(c2ccccc2Cl)CCCCC1=O)N(C)C.Cl.